The maximum Gasteiger partial charge on any atom is 0.164 e. The van der Waals surface area contributed by atoms with Crippen LogP contribution in [-0.4, -0.2) is 27.6 Å². The molecule has 0 spiro atoms. The summed E-state index contributed by atoms with van der Waals surface area (Å²) in [6, 6.07) is 70.3. The van der Waals surface area contributed by atoms with Crippen molar-refractivity contribution in [3.05, 3.63) is 194 Å². The number of para-hydroxylation sites is 2. The molecule has 13 rings (SSSR count). The quantitative estimate of drug-likeness (QED) is 0.131. The SMILES string of the molecule is C[Si]1(C)c2ccccc2-c2ccc3c(-c4nc(-c5ccccc5)nc(-c5ccc6c7ccccc7c7ccccc7c6c5)n4)cc4c(c5ccccc5n4-c4ccccc4)c3c21. The number of nitrogens with zero attached hydrogens (tertiary/aromatic N) is 4. The Bertz CT molecular complexity index is 3800. The van der Waals surface area contributed by atoms with Gasteiger partial charge in [-0.1, -0.05) is 177 Å². The molecule has 0 bridgehead atoms. The summed E-state index contributed by atoms with van der Waals surface area (Å²) in [5, 5.41) is 15.3. The van der Waals surface area contributed by atoms with Gasteiger partial charge >= 0.3 is 0 Å². The average molecular weight is 807 g/mol. The number of hydrogen-bond donors (Lipinski definition) is 0. The molecule has 0 aliphatic carbocycles. The van der Waals surface area contributed by atoms with Crippen LogP contribution in [0, 0.1) is 0 Å². The van der Waals surface area contributed by atoms with Crippen molar-refractivity contribution in [1.82, 2.24) is 19.5 Å². The third-order valence-electron chi connectivity index (χ3n) is 13.4. The predicted octanol–water partition coefficient (Wildman–Crippen LogP) is 13.4. The lowest BCUT2D eigenvalue weighted by atomic mass is 9.93. The topological polar surface area (TPSA) is 43.6 Å². The first kappa shape index (κ1) is 35.1. The van der Waals surface area contributed by atoms with Gasteiger partial charge in [-0.2, -0.15) is 0 Å². The second-order valence-corrected chi connectivity index (χ2v) is 21.4. The molecule has 290 valence electrons. The normalized spacial score (nSPS) is 13.1. The van der Waals surface area contributed by atoms with Crippen molar-refractivity contribution in [2.24, 2.45) is 0 Å². The van der Waals surface area contributed by atoms with Crippen LogP contribution in [0.4, 0.5) is 0 Å². The van der Waals surface area contributed by atoms with Crippen LogP contribution in [0.2, 0.25) is 13.1 Å². The highest BCUT2D eigenvalue weighted by molar-refractivity contribution is 7.05. The summed E-state index contributed by atoms with van der Waals surface area (Å²) >= 11 is 0. The van der Waals surface area contributed by atoms with Crippen LogP contribution in [0.25, 0.3) is 116 Å². The number of fused-ring (bicyclic) bond motifs is 15. The Hall–Kier alpha value is -7.73. The maximum absolute atomic E-state index is 5.51. The van der Waals surface area contributed by atoms with Crippen LogP contribution >= 0.6 is 0 Å². The van der Waals surface area contributed by atoms with Gasteiger partial charge in [0.25, 0.3) is 0 Å². The maximum atomic E-state index is 5.51. The molecule has 2 aromatic heterocycles. The molecule has 0 amide bonds. The third kappa shape index (κ3) is 4.97. The van der Waals surface area contributed by atoms with Gasteiger partial charge in [-0.15, -0.1) is 0 Å². The minimum absolute atomic E-state index is 0.646. The van der Waals surface area contributed by atoms with Crippen molar-refractivity contribution < 1.29 is 0 Å². The fourth-order valence-corrected chi connectivity index (χ4v) is 14.1. The van der Waals surface area contributed by atoms with Crippen LogP contribution < -0.4 is 10.4 Å². The van der Waals surface area contributed by atoms with E-state index >= 15 is 0 Å². The summed E-state index contributed by atoms with van der Waals surface area (Å²) in [6.45, 7) is 5.04. The first-order valence-corrected chi connectivity index (χ1v) is 24.4. The van der Waals surface area contributed by atoms with E-state index in [0.717, 1.165) is 33.3 Å². The Balaban J connectivity index is 1.16. The van der Waals surface area contributed by atoms with Crippen molar-refractivity contribution in [3.8, 4) is 51.0 Å². The smallest absolute Gasteiger partial charge is 0.164 e. The molecular weight excluding hydrogens is 769 g/mol. The molecule has 10 aromatic carbocycles. The molecule has 0 atom stereocenters. The Kier molecular flexibility index (Phi) is 7.43. The summed E-state index contributed by atoms with van der Waals surface area (Å²) in [4.78, 5) is 16.2. The predicted molar refractivity (Wildman–Crippen MR) is 263 cm³/mol. The van der Waals surface area contributed by atoms with Crippen molar-refractivity contribution in [3.63, 3.8) is 0 Å². The zero-order valence-electron chi connectivity index (χ0n) is 34.3. The van der Waals surface area contributed by atoms with Crippen molar-refractivity contribution >= 4 is 83.3 Å². The highest BCUT2D eigenvalue weighted by atomic mass is 28.3. The van der Waals surface area contributed by atoms with Gasteiger partial charge in [-0.3, -0.25) is 0 Å². The van der Waals surface area contributed by atoms with E-state index in [2.05, 4.69) is 206 Å². The van der Waals surface area contributed by atoms with Gasteiger partial charge in [0.2, 0.25) is 0 Å². The zero-order chi connectivity index (χ0) is 41.1. The summed E-state index contributed by atoms with van der Waals surface area (Å²) in [6.07, 6.45) is 0. The molecule has 0 unspecified atom stereocenters. The molecule has 62 heavy (non-hydrogen) atoms. The first-order chi connectivity index (χ1) is 30.5. The third-order valence-corrected chi connectivity index (χ3v) is 16.9. The minimum atomic E-state index is -2.20. The van der Waals surface area contributed by atoms with Gasteiger partial charge in [0.1, 0.15) is 8.07 Å². The number of hydrogen-bond acceptors (Lipinski definition) is 3. The average Bonchev–Trinajstić information content (AvgIpc) is 3.80. The highest BCUT2D eigenvalue weighted by Gasteiger charge is 2.40. The van der Waals surface area contributed by atoms with Crippen LogP contribution in [0.5, 0.6) is 0 Å². The molecule has 0 fully saturated rings. The van der Waals surface area contributed by atoms with Crippen LogP contribution in [0.3, 0.4) is 0 Å². The fourth-order valence-electron chi connectivity index (χ4n) is 10.7. The lowest BCUT2D eigenvalue weighted by Crippen LogP contribution is -2.49. The van der Waals surface area contributed by atoms with Gasteiger partial charge in [-0.25, -0.2) is 15.0 Å². The van der Waals surface area contributed by atoms with E-state index in [0.29, 0.717) is 17.5 Å². The summed E-state index contributed by atoms with van der Waals surface area (Å²) in [5.41, 5.74) is 9.03. The highest BCUT2D eigenvalue weighted by Crippen LogP contribution is 2.44. The molecule has 0 saturated carbocycles. The molecule has 1 aliphatic rings. The Morgan fingerprint density at radius 3 is 1.63 bits per heavy atom. The molecule has 0 N–H and O–H groups in total. The Labute approximate surface area is 359 Å². The van der Waals surface area contributed by atoms with Gasteiger partial charge in [0.15, 0.2) is 17.5 Å². The second kappa shape index (κ2) is 13.1. The van der Waals surface area contributed by atoms with Crippen LogP contribution in [0.1, 0.15) is 0 Å². The van der Waals surface area contributed by atoms with Crippen molar-refractivity contribution in [2.45, 2.75) is 13.1 Å². The van der Waals surface area contributed by atoms with Crippen molar-refractivity contribution in [2.75, 3.05) is 0 Å². The van der Waals surface area contributed by atoms with Crippen LogP contribution in [0.15, 0.2) is 194 Å². The van der Waals surface area contributed by atoms with E-state index < -0.39 is 8.07 Å². The molecular formula is C57H38N4Si. The van der Waals surface area contributed by atoms with Crippen LogP contribution in [-0.2, 0) is 0 Å². The molecule has 12 aromatic rings. The molecule has 3 heterocycles. The molecule has 5 heteroatoms. The summed E-state index contributed by atoms with van der Waals surface area (Å²) in [5.74, 6) is 1.95. The van der Waals surface area contributed by atoms with E-state index in [-0.39, 0.29) is 0 Å². The van der Waals surface area contributed by atoms with E-state index in [1.165, 1.54) is 75.5 Å². The fraction of sp³-hybridized carbons (Fsp3) is 0.0351. The van der Waals surface area contributed by atoms with Gasteiger partial charge in [0.05, 0.1) is 11.0 Å². The number of rotatable bonds is 4. The minimum Gasteiger partial charge on any atom is -0.309 e. The molecule has 4 nitrogen and oxygen atoms in total. The lowest BCUT2D eigenvalue weighted by Gasteiger charge is -2.22. The van der Waals surface area contributed by atoms with Gasteiger partial charge in [0, 0.05) is 33.2 Å². The summed E-state index contributed by atoms with van der Waals surface area (Å²) < 4.78 is 2.43. The first-order valence-electron chi connectivity index (χ1n) is 21.4. The number of benzene rings is 10. The van der Waals surface area contributed by atoms with E-state index in [1.807, 2.05) is 6.07 Å². The van der Waals surface area contributed by atoms with Gasteiger partial charge < -0.3 is 4.57 Å². The van der Waals surface area contributed by atoms with E-state index in [1.54, 1.807) is 0 Å². The molecule has 1 aliphatic heterocycles. The number of aromatic nitrogens is 4. The molecule has 0 saturated heterocycles. The monoisotopic (exact) mass is 806 g/mol. The van der Waals surface area contributed by atoms with E-state index in [4.69, 9.17) is 15.0 Å². The largest absolute Gasteiger partial charge is 0.309 e. The summed E-state index contributed by atoms with van der Waals surface area (Å²) in [7, 11) is -2.20. The lowest BCUT2D eigenvalue weighted by molar-refractivity contribution is 1.08. The standard InChI is InChI=1S/C57H38N4Si/c1-62(2)51-28-16-14-25-43(51)45-32-31-44-48(34-50-52(53(44)54(45)62)46-26-13-15-27-49(46)61(50)37-19-7-4-8-20-37)57-59-55(35-17-5-3-6-18-35)58-56(60-57)36-29-30-42-40-23-10-9-21-38(40)39-22-11-12-24-41(39)47(42)33-36/h3-34H,1-2H3. The molecule has 0 radical (unpaired) electrons. The Morgan fingerprint density at radius 1 is 0.355 bits per heavy atom. The zero-order valence-corrected chi connectivity index (χ0v) is 35.3. The Morgan fingerprint density at radius 2 is 0.903 bits per heavy atom. The second-order valence-electron chi connectivity index (χ2n) is 17.1. The van der Waals surface area contributed by atoms with Crippen molar-refractivity contribution in [1.29, 1.82) is 0 Å². The van der Waals surface area contributed by atoms with Gasteiger partial charge in [-0.05, 0) is 94.9 Å². The van der Waals surface area contributed by atoms with E-state index in [9.17, 15) is 0 Å².